The van der Waals surface area contributed by atoms with Crippen molar-refractivity contribution in [1.29, 1.82) is 0 Å². The van der Waals surface area contributed by atoms with Crippen LogP contribution in [0.5, 0.6) is 0 Å². The van der Waals surface area contributed by atoms with Gasteiger partial charge in [0.05, 0.1) is 0 Å². The first-order valence-electron chi connectivity index (χ1n) is 5.60. The third kappa shape index (κ3) is 12.3. The lowest BCUT2D eigenvalue weighted by molar-refractivity contribution is 0.659. The van der Waals surface area contributed by atoms with Gasteiger partial charge in [-0.15, -0.1) is 0 Å². The van der Waals surface area contributed by atoms with Crippen LogP contribution in [-0.4, -0.2) is 17.5 Å². The molecular weight excluding hydrogens is 178 g/mol. The minimum Gasteiger partial charge on any atom is -0.328 e. The number of unbranched alkanes of at least 4 members (excludes halogenated alkanes) is 4. The van der Waals surface area contributed by atoms with Crippen LogP contribution >= 0.6 is 11.8 Å². The Morgan fingerprint density at radius 2 is 1.77 bits per heavy atom. The average Bonchev–Trinajstić information content (AvgIpc) is 2.09. The van der Waals surface area contributed by atoms with Crippen LogP contribution in [0.15, 0.2) is 0 Å². The van der Waals surface area contributed by atoms with Gasteiger partial charge >= 0.3 is 0 Å². The summed E-state index contributed by atoms with van der Waals surface area (Å²) in [7, 11) is 0. The number of rotatable bonds is 9. The van der Waals surface area contributed by atoms with Crippen molar-refractivity contribution in [1.82, 2.24) is 0 Å². The van der Waals surface area contributed by atoms with E-state index in [9.17, 15) is 0 Å². The van der Waals surface area contributed by atoms with Crippen molar-refractivity contribution < 1.29 is 0 Å². The third-order valence-electron chi connectivity index (χ3n) is 2.11. The van der Waals surface area contributed by atoms with Crippen molar-refractivity contribution in [3.63, 3.8) is 0 Å². The molecule has 0 bridgehead atoms. The lowest BCUT2D eigenvalue weighted by Gasteiger charge is -2.04. The van der Waals surface area contributed by atoms with Crippen LogP contribution in [0.1, 0.15) is 52.4 Å². The van der Waals surface area contributed by atoms with E-state index in [2.05, 4.69) is 25.6 Å². The van der Waals surface area contributed by atoms with Gasteiger partial charge in [0.1, 0.15) is 0 Å². The Morgan fingerprint density at radius 1 is 1.08 bits per heavy atom. The molecule has 80 valence electrons. The third-order valence-corrected chi connectivity index (χ3v) is 3.21. The molecule has 0 fully saturated rings. The SMILES string of the molecule is CCCCCCCSCCC(C)N. The van der Waals surface area contributed by atoms with Gasteiger partial charge < -0.3 is 5.73 Å². The summed E-state index contributed by atoms with van der Waals surface area (Å²) < 4.78 is 0. The summed E-state index contributed by atoms with van der Waals surface area (Å²) >= 11 is 2.06. The van der Waals surface area contributed by atoms with E-state index in [4.69, 9.17) is 5.73 Å². The predicted molar refractivity (Wildman–Crippen MR) is 64.4 cm³/mol. The molecule has 13 heavy (non-hydrogen) atoms. The van der Waals surface area contributed by atoms with Gasteiger partial charge in [0.25, 0.3) is 0 Å². The highest BCUT2D eigenvalue weighted by atomic mass is 32.2. The van der Waals surface area contributed by atoms with Gasteiger partial charge in [-0.3, -0.25) is 0 Å². The molecule has 1 nitrogen and oxygen atoms in total. The van der Waals surface area contributed by atoms with Crippen LogP contribution in [0.4, 0.5) is 0 Å². The predicted octanol–water partition coefficient (Wildman–Crippen LogP) is 3.43. The molecule has 2 heteroatoms. The summed E-state index contributed by atoms with van der Waals surface area (Å²) in [6.07, 6.45) is 8.15. The fourth-order valence-corrected chi connectivity index (χ4v) is 2.33. The molecule has 0 saturated heterocycles. The van der Waals surface area contributed by atoms with Crippen molar-refractivity contribution in [2.75, 3.05) is 11.5 Å². The summed E-state index contributed by atoms with van der Waals surface area (Å²) in [5.41, 5.74) is 5.66. The molecule has 0 amide bonds. The molecule has 2 N–H and O–H groups in total. The van der Waals surface area contributed by atoms with Crippen LogP contribution in [0.3, 0.4) is 0 Å². The van der Waals surface area contributed by atoms with Crippen LogP contribution in [0, 0.1) is 0 Å². The Labute approximate surface area is 87.9 Å². The van der Waals surface area contributed by atoms with E-state index in [0.29, 0.717) is 6.04 Å². The van der Waals surface area contributed by atoms with Gasteiger partial charge in [0.15, 0.2) is 0 Å². The van der Waals surface area contributed by atoms with Gasteiger partial charge in [-0.25, -0.2) is 0 Å². The van der Waals surface area contributed by atoms with Gasteiger partial charge in [-0.1, -0.05) is 32.6 Å². The molecule has 0 aromatic rings. The smallest absolute Gasteiger partial charge is 0.00183 e. The minimum atomic E-state index is 0.382. The molecule has 0 aliphatic carbocycles. The molecular formula is C11H25NS. The topological polar surface area (TPSA) is 26.0 Å². The Balaban J connectivity index is 2.84. The van der Waals surface area contributed by atoms with E-state index in [1.165, 1.54) is 50.0 Å². The monoisotopic (exact) mass is 203 g/mol. The zero-order valence-corrected chi connectivity index (χ0v) is 10.0. The van der Waals surface area contributed by atoms with Gasteiger partial charge in [-0.2, -0.15) is 11.8 Å². The van der Waals surface area contributed by atoms with Gasteiger partial charge in [-0.05, 0) is 31.3 Å². The second-order valence-corrected chi connectivity index (χ2v) is 5.02. The Morgan fingerprint density at radius 3 is 2.38 bits per heavy atom. The van der Waals surface area contributed by atoms with E-state index in [1.54, 1.807) is 0 Å². The zero-order valence-electron chi connectivity index (χ0n) is 9.22. The highest BCUT2D eigenvalue weighted by Crippen LogP contribution is 2.10. The van der Waals surface area contributed by atoms with Crippen molar-refractivity contribution in [2.24, 2.45) is 5.73 Å². The van der Waals surface area contributed by atoms with Gasteiger partial charge in [0.2, 0.25) is 0 Å². The van der Waals surface area contributed by atoms with Crippen molar-refractivity contribution in [3.05, 3.63) is 0 Å². The normalized spacial score (nSPS) is 13.2. The summed E-state index contributed by atoms with van der Waals surface area (Å²) in [4.78, 5) is 0. The van der Waals surface area contributed by atoms with E-state index in [-0.39, 0.29) is 0 Å². The Bertz CT molecular complexity index is 94.1. The first-order valence-corrected chi connectivity index (χ1v) is 6.76. The lowest BCUT2D eigenvalue weighted by Crippen LogP contribution is -2.15. The summed E-state index contributed by atoms with van der Waals surface area (Å²) in [6, 6.07) is 0.382. The van der Waals surface area contributed by atoms with Crippen molar-refractivity contribution >= 4 is 11.8 Å². The van der Waals surface area contributed by atoms with Crippen LogP contribution in [0.2, 0.25) is 0 Å². The molecule has 0 heterocycles. The zero-order chi connectivity index (χ0) is 9.94. The largest absolute Gasteiger partial charge is 0.328 e. The number of hydrogen-bond donors (Lipinski definition) is 1. The quantitative estimate of drug-likeness (QED) is 0.581. The van der Waals surface area contributed by atoms with Gasteiger partial charge in [0, 0.05) is 6.04 Å². The second-order valence-electron chi connectivity index (χ2n) is 3.79. The van der Waals surface area contributed by atoms with E-state index < -0.39 is 0 Å². The molecule has 0 aliphatic rings. The Kier molecular flexibility index (Phi) is 10.6. The summed E-state index contributed by atoms with van der Waals surface area (Å²) in [6.45, 7) is 4.35. The summed E-state index contributed by atoms with van der Waals surface area (Å²) in [5.74, 6) is 2.57. The van der Waals surface area contributed by atoms with Crippen LogP contribution in [-0.2, 0) is 0 Å². The van der Waals surface area contributed by atoms with E-state index in [1.807, 2.05) is 0 Å². The fourth-order valence-electron chi connectivity index (χ4n) is 1.18. The number of thioether (sulfide) groups is 1. The fraction of sp³-hybridized carbons (Fsp3) is 1.00. The molecule has 1 atom stereocenters. The molecule has 0 aromatic carbocycles. The molecule has 0 radical (unpaired) electrons. The lowest BCUT2D eigenvalue weighted by atomic mass is 10.2. The van der Waals surface area contributed by atoms with Crippen LogP contribution in [0.25, 0.3) is 0 Å². The molecule has 0 rings (SSSR count). The van der Waals surface area contributed by atoms with Crippen molar-refractivity contribution in [3.8, 4) is 0 Å². The van der Waals surface area contributed by atoms with Crippen LogP contribution < -0.4 is 5.73 Å². The van der Waals surface area contributed by atoms with E-state index in [0.717, 1.165) is 0 Å². The first kappa shape index (κ1) is 13.3. The maximum atomic E-state index is 5.66. The second kappa shape index (κ2) is 10.4. The maximum Gasteiger partial charge on any atom is 0.00183 e. The summed E-state index contributed by atoms with van der Waals surface area (Å²) in [5, 5.41) is 0. The Hall–Kier alpha value is 0.310. The average molecular weight is 203 g/mol. The molecule has 0 aliphatic heterocycles. The molecule has 0 aromatic heterocycles. The van der Waals surface area contributed by atoms with E-state index >= 15 is 0 Å². The molecule has 0 saturated carbocycles. The van der Waals surface area contributed by atoms with Crippen molar-refractivity contribution in [2.45, 2.75) is 58.4 Å². The molecule has 1 unspecified atom stereocenters. The number of nitrogens with two attached hydrogens (primary N) is 1. The highest BCUT2D eigenvalue weighted by Gasteiger charge is 1.94. The minimum absolute atomic E-state index is 0.382. The number of hydrogen-bond acceptors (Lipinski definition) is 2. The maximum absolute atomic E-state index is 5.66. The highest BCUT2D eigenvalue weighted by molar-refractivity contribution is 7.99. The molecule has 0 spiro atoms. The first-order chi connectivity index (χ1) is 6.27. The standard InChI is InChI=1S/C11H25NS/c1-3-4-5-6-7-9-13-10-8-11(2)12/h11H,3-10,12H2,1-2H3.